The molecule has 1 fully saturated rings. The molecule has 1 N–H and O–H groups in total. The lowest BCUT2D eigenvalue weighted by molar-refractivity contribution is -0.156. The second kappa shape index (κ2) is 4.88. The minimum absolute atomic E-state index is 0.00625. The molecule has 1 aromatic heterocycles. The molecule has 2 heterocycles. The molecule has 2 unspecified atom stereocenters. The summed E-state index contributed by atoms with van der Waals surface area (Å²) in [6.45, 7) is 2.25. The first-order chi connectivity index (χ1) is 9.54. The van der Waals surface area contributed by atoms with Gasteiger partial charge in [-0.3, -0.25) is 4.79 Å². The van der Waals surface area contributed by atoms with Crippen molar-refractivity contribution in [2.45, 2.75) is 50.5 Å². The Morgan fingerprint density at radius 3 is 3.00 bits per heavy atom. The van der Waals surface area contributed by atoms with Gasteiger partial charge in [0.05, 0.1) is 5.92 Å². The zero-order valence-corrected chi connectivity index (χ0v) is 12.4. The van der Waals surface area contributed by atoms with Crippen LogP contribution in [0.1, 0.15) is 49.0 Å². The fourth-order valence-electron chi connectivity index (χ4n) is 3.47. The molecule has 0 bridgehead atoms. The minimum Gasteiger partial charge on any atom is -0.480 e. The number of carbonyl (C=O) groups excluding carboxylic acids is 1. The number of carboxylic acid groups (broad SMARTS) is 1. The number of fused-ring (bicyclic) bond motifs is 1. The van der Waals surface area contributed by atoms with Crippen molar-refractivity contribution in [2.24, 2.45) is 0 Å². The van der Waals surface area contributed by atoms with E-state index in [0.717, 1.165) is 31.2 Å². The molecule has 0 spiro atoms. The summed E-state index contributed by atoms with van der Waals surface area (Å²) >= 11 is 1.71. The van der Waals surface area contributed by atoms with Crippen LogP contribution in [0.3, 0.4) is 0 Å². The molecule has 5 heteroatoms. The summed E-state index contributed by atoms with van der Waals surface area (Å²) in [5, 5.41) is 11.5. The van der Waals surface area contributed by atoms with Crippen molar-refractivity contribution in [1.29, 1.82) is 0 Å². The third-order valence-corrected chi connectivity index (χ3v) is 5.71. The van der Waals surface area contributed by atoms with E-state index in [1.807, 2.05) is 11.4 Å². The average Bonchev–Trinajstić information content (AvgIpc) is 3.04. The third kappa shape index (κ3) is 1.95. The molecule has 4 nitrogen and oxygen atoms in total. The maximum atomic E-state index is 12.8. The Bertz CT molecular complexity index is 553. The Labute approximate surface area is 122 Å². The highest BCUT2D eigenvalue weighted by Crippen LogP contribution is 2.39. The molecule has 1 amide bonds. The first-order valence-electron chi connectivity index (χ1n) is 7.15. The summed E-state index contributed by atoms with van der Waals surface area (Å²) < 4.78 is 0. The van der Waals surface area contributed by atoms with Crippen molar-refractivity contribution >= 4 is 23.2 Å². The minimum atomic E-state index is -1.02. The van der Waals surface area contributed by atoms with Crippen molar-refractivity contribution in [2.75, 3.05) is 6.54 Å². The molecule has 1 aromatic rings. The van der Waals surface area contributed by atoms with Crippen LogP contribution in [-0.2, 0) is 16.0 Å². The predicted octanol–water partition coefficient (Wildman–Crippen LogP) is 2.63. The second-order valence-corrected chi connectivity index (χ2v) is 6.92. The first-order valence-corrected chi connectivity index (χ1v) is 8.03. The Morgan fingerprint density at radius 2 is 2.25 bits per heavy atom. The maximum absolute atomic E-state index is 12.8. The number of hydrogen-bond donors (Lipinski definition) is 1. The molecular weight excluding hydrogens is 274 g/mol. The summed E-state index contributed by atoms with van der Waals surface area (Å²) in [5.41, 5.74) is 0.107. The van der Waals surface area contributed by atoms with Crippen LogP contribution in [0.25, 0.3) is 0 Å². The maximum Gasteiger partial charge on any atom is 0.329 e. The van der Waals surface area contributed by atoms with Gasteiger partial charge in [-0.15, -0.1) is 11.3 Å². The van der Waals surface area contributed by atoms with Gasteiger partial charge in [0.1, 0.15) is 5.54 Å². The number of carboxylic acids is 1. The molecule has 1 aliphatic carbocycles. The van der Waals surface area contributed by atoms with Crippen molar-refractivity contribution < 1.29 is 14.7 Å². The van der Waals surface area contributed by atoms with E-state index in [-0.39, 0.29) is 11.8 Å². The van der Waals surface area contributed by atoms with Gasteiger partial charge in [-0.25, -0.2) is 4.79 Å². The first kappa shape index (κ1) is 13.6. The van der Waals surface area contributed by atoms with E-state index in [1.165, 1.54) is 4.88 Å². The predicted molar refractivity (Wildman–Crippen MR) is 77.0 cm³/mol. The Balaban J connectivity index is 1.89. The van der Waals surface area contributed by atoms with E-state index < -0.39 is 11.5 Å². The van der Waals surface area contributed by atoms with Gasteiger partial charge in [0.2, 0.25) is 5.91 Å². The van der Waals surface area contributed by atoms with Gasteiger partial charge < -0.3 is 10.0 Å². The number of carbonyl (C=O) groups is 2. The smallest absolute Gasteiger partial charge is 0.329 e. The van der Waals surface area contributed by atoms with Crippen LogP contribution in [0.4, 0.5) is 0 Å². The largest absolute Gasteiger partial charge is 0.480 e. The number of amides is 1. The highest BCUT2D eigenvalue weighted by atomic mass is 32.1. The number of nitrogens with zero attached hydrogens (tertiary/aromatic N) is 1. The fraction of sp³-hybridized carbons (Fsp3) is 0.600. The van der Waals surface area contributed by atoms with Crippen LogP contribution >= 0.6 is 11.3 Å². The molecule has 0 radical (unpaired) electrons. The van der Waals surface area contributed by atoms with Crippen molar-refractivity contribution in [3.8, 4) is 0 Å². The van der Waals surface area contributed by atoms with Gasteiger partial charge >= 0.3 is 5.97 Å². The van der Waals surface area contributed by atoms with Crippen LogP contribution in [0.2, 0.25) is 0 Å². The van der Waals surface area contributed by atoms with E-state index in [1.54, 1.807) is 23.2 Å². The van der Waals surface area contributed by atoms with Gasteiger partial charge in [0, 0.05) is 11.4 Å². The number of thiophene rings is 1. The number of aliphatic carboxylic acids is 1. The highest BCUT2D eigenvalue weighted by molar-refractivity contribution is 7.10. The molecule has 1 saturated heterocycles. The molecular formula is C15H19NO3S. The van der Waals surface area contributed by atoms with Crippen LogP contribution in [0.5, 0.6) is 0 Å². The van der Waals surface area contributed by atoms with Gasteiger partial charge in [0.25, 0.3) is 0 Å². The lowest BCUT2D eigenvalue weighted by Crippen LogP contribution is -2.52. The van der Waals surface area contributed by atoms with Crippen LogP contribution in [0.15, 0.2) is 11.4 Å². The zero-order chi connectivity index (χ0) is 14.3. The van der Waals surface area contributed by atoms with Crippen molar-refractivity contribution in [3.63, 3.8) is 0 Å². The number of aryl methyl sites for hydroxylation is 1. The quantitative estimate of drug-likeness (QED) is 0.912. The van der Waals surface area contributed by atoms with Gasteiger partial charge in [-0.2, -0.15) is 0 Å². The molecule has 3 rings (SSSR count). The van der Waals surface area contributed by atoms with E-state index in [4.69, 9.17) is 0 Å². The fourth-order valence-corrected chi connectivity index (χ4v) is 4.46. The Morgan fingerprint density at radius 1 is 1.45 bits per heavy atom. The van der Waals surface area contributed by atoms with Gasteiger partial charge in [0.15, 0.2) is 0 Å². The lowest BCUT2D eigenvalue weighted by Gasteiger charge is -2.35. The highest BCUT2D eigenvalue weighted by Gasteiger charge is 2.47. The van der Waals surface area contributed by atoms with E-state index >= 15 is 0 Å². The zero-order valence-electron chi connectivity index (χ0n) is 11.6. The lowest BCUT2D eigenvalue weighted by atomic mass is 9.85. The molecule has 0 saturated carbocycles. The average molecular weight is 293 g/mol. The van der Waals surface area contributed by atoms with Crippen LogP contribution in [0, 0.1) is 0 Å². The number of rotatable bonds is 2. The summed E-state index contributed by atoms with van der Waals surface area (Å²) in [6.07, 6.45) is 4.23. The van der Waals surface area contributed by atoms with Crippen LogP contribution in [-0.4, -0.2) is 34.0 Å². The van der Waals surface area contributed by atoms with E-state index in [9.17, 15) is 14.7 Å². The topological polar surface area (TPSA) is 57.6 Å². The molecule has 20 heavy (non-hydrogen) atoms. The molecule has 108 valence electrons. The molecule has 2 aliphatic rings. The SMILES string of the molecule is CC1(C(=O)O)CCCN1C(=O)C1CCCc2sccc21. The normalized spacial score (nSPS) is 29.2. The van der Waals surface area contributed by atoms with Crippen LogP contribution < -0.4 is 0 Å². The monoisotopic (exact) mass is 293 g/mol. The summed E-state index contributed by atoms with van der Waals surface area (Å²) in [4.78, 5) is 27.3. The molecule has 1 aliphatic heterocycles. The standard InChI is InChI=1S/C15H19NO3S/c1-15(14(18)19)7-3-8-16(15)13(17)11-4-2-5-12-10(11)6-9-20-12/h6,9,11H,2-5,7-8H2,1H3,(H,18,19). The summed E-state index contributed by atoms with van der Waals surface area (Å²) in [7, 11) is 0. The van der Waals surface area contributed by atoms with Gasteiger partial charge in [-0.1, -0.05) is 0 Å². The van der Waals surface area contributed by atoms with E-state index in [0.29, 0.717) is 13.0 Å². The summed E-state index contributed by atoms with van der Waals surface area (Å²) in [6, 6.07) is 2.04. The Kier molecular flexibility index (Phi) is 3.32. The summed E-state index contributed by atoms with van der Waals surface area (Å²) in [5.74, 6) is -1.02. The second-order valence-electron chi connectivity index (χ2n) is 5.92. The van der Waals surface area contributed by atoms with Crippen molar-refractivity contribution in [1.82, 2.24) is 4.90 Å². The third-order valence-electron chi connectivity index (χ3n) is 4.72. The number of likely N-dealkylation sites (tertiary alicyclic amines) is 1. The van der Waals surface area contributed by atoms with Crippen molar-refractivity contribution in [3.05, 3.63) is 21.9 Å². The molecule has 2 atom stereocenters. The Hall–Kier alpha value is -1.36. The van der Waals surface area contributed by atoms with E-state index in [2.05, 4.69) is 0 Å². The molecule has 0 aromatic carbocycles. The van der Waals surface area contributed by atoms with Gasteiger partial charge in [-0.05, 0) is 56.0 Å². The number of hydrogen-bond acceptors (Lipinski definition) is 3.